The van der Waals surface area contributed by atoms with Gasteiger partial charge in [-0.15, -0.1) is 0 Å². The highest BCUT2D eigenvalue weighted by Gasteiger charge is 2.59. The van der Waals surface area contributed by atoms with Crippen LogP contribution in [-0.4, -0.2) is 34.1 Å². The Hall–Kier alpha value is -0.570. The molecule has 1 amide bonds. The van der Waals surface area contributed by atoms with Crippen molar-refractivity contribution >= 4 is 5.91 Å². The first kappa shape index (κ1) is 8.72. The second-order valence-corrected chi connectivity index (χ2v) is 4.99. The second-order valence-electron chi connectivity index (χ2n) is 4.99. The molecule has 0 aromatic rings. The van der Waals surface area contributed by atoms with Gasteiger partial charge in [-0.2, -0.15) is 0 Å². The first-order chi connectivity index (χ1) is 6.76. The number of carbonyl (C=O) groups is 1. The number of aliphatic hydroxyl groups is 1. The van der Waals surface area contributed by atoms with E-state index in [0.717, 1.165) is 32.2 Å². The Morgan fingerprint density at radius 3 is 2.93 bits per heavy atom. The van der Waals surface area contributed by atoms with Crippen LogP contribution in [-0.2, 0) is 4.79 Å². The van der Waals surface area contributed by atoms with Crippen LogP contribution < -0.4 is 0 Å². The summed E-state index contributed by atoms with van der Waals surface area (Å²) in [7, 11) is 0. The van der Waals surface area contributed by atoms with Crippen LogP contribution in [0.5, 0.6) is 0 Å². The number of carbonyl (C=O) groups excluding carboxylic acids is 1. The predicted molar refractivity (Wildman–Crippen MR) is 51.6 cm³/mol. The van der Waals surface area contributed by atoms with Gasteiger partial charge in [0.2, 0.25) is 0 Å². The molecule has 0 bridgehead atoms. The SMILES string of the molecule is O=C1[C@@H](O)[C@H]2CCCC[C@]23CCCN13. The maximum Gasteiger partial charge on any atom is 0.252 e. The zero-order chi connectivity index (χ0) is 9.76. The van der Waals surface area contributed by atoms with E-state index in [2.05, 4.69) is 0 Å². The Balaban J connectivity index is 2.02. The fourth-order valence-electron chi connectivity index (χ4n) is 3.91. The highest BCUT2D eigenvalue weighted by atomic mass is 16.3. The number of hydrogen-bond acceptors (Lipinski definition) is 2. The quantitative estimate of drug-likeness (QED) is 0.624. The van der Waals surface area contributed by atoms with Crippen LogP contribution in [0.3, 0.4) is 0 Å². The molecule has 14 heavy (non-hydrogen) atoms. The van der Waals surface area contributed by atoms with E-state index in [1.165, 1.54) is 12.8 Å². The largest absolute Gasteiger partial charge is 0.383 e. The van der Waals surface area contributed by atoms with Crippen LogP contribution in [0.25, 0.3) is 0 Å². The summed E-state index contributed by atoms with van der Waals surface area (Å²) in [6.07, 6.45) is 6.16. The number of amides is 1. The Kier molecular flexibility index (Phi) is 1.69. The topological polar surface area (TPSA) is 40.5 Å². The highest BCUT2D eigenvalue weighted by molar-refractivity contribution is 5.85. The van der Waals surface area contributed by atoms with Gasteiger partial charge in [-0.1, -0.05) is 12.8 Å². The molecule has 0 aromatic heterocycles. The lowest BCUT2D eigenvalue weighted by Crippen LogP contribution is -2.46. The van der Waals surface area contributed by atoms with Crippen molar-refractivity contribution in [3.63, 3.8) is 0 Å². The lowest BCUT2D eigenvalue weighted by atomic mass is 9.72. The van der Waals surface area contributed by atoms with Gasteiger partial charge in [-0.25, -0.2) is 0 Å². The van der Waals surface area contributed by atoms with Gasteiger partial charge < -0.3 is 10.0 Å². The monoisotopic (exact) mass is 195 g/mol. The molecule has 1 spiro atoms. The van der Waals surface area contributed by atoms with Crippen molar-refractivity contribution in [1.82, 2.24) is 4.90 Å². The van der Waals surface area contributed by atoms with Gasteiger partial charge in [0.25, 0.3) is 5.91 Å². The standard InChI is InChI=1S/C11H17NO2/c13-9-8-4-1-2-5-11(8)6-3-7-12(11)10(9)14/h8-9,13H,1-7H2/t8-,9+,11+/m1/s1. The van der Waals surface area contributed by atoms with Crippen LogP contribution in [0.4, 0.5) is 0 Å². The molecular weight excluding hydrogens is 178 g/mol. The first-order valence-corrected chi connectivity index (χ1v) is 5.75. The minimum Gasteiger partial charge on any atom is -0.383 e. The molecule has 3 nitrogen and oxygen atoms in total. The van der Waals surface area contributed by atoms with Gasteiger partial charge in [0.15, 0.2) is 0 Å². The molecule has 1 aliphatic carbocycles. The molecule has 3 fully saturated rings. The molecule has 78 valence electrons. The lowest BCUT2D eigenvalue weighted by molar-refractivity contribution is -0.135. The molecule has 2 aliphatic heterocycles. The Morgan fingerprint density at radius 1 is 1.29 bits per heavy atom. The van der Waals surface area contributed by atoms with Crippen molar-refractivity contribution < 1.29 is 9.90 Å². The van der Waals surface area contributed by atoms with Gasteiger partial charge in [0.1, 0.15) is 6.10 Å². The van der Waals surface area contributed by atoms with Gasteiger partial charge >= 0.3 is 0 Å². The molecule has 3 aliphatic rings. The summed E-state index contributed by atoms with van der Waals surface area (Å²) in [4.78, 5) is 13.8. The van der Waals surface area contributed by atoms with Gasteiger partial charge in [-0.3, -0.25) is 4.79 Å². The third kappa shape index (κ3) is 0.842. The summed E-state index contributed by atoms with van der Waals surface area (Å²) >= 11 is 0. The Labute approximate surface area is 84.1 Å². The van der Waals surface area contributed by atoms with E-state index in [9.17, 15) is 9.90 Å². The van der Waals surface area contributed by atoms with Crippen LogP contribution >= 0.6 is 0 Å². The minimum absolute atomic E-state index is 0.00870. The van der Waals surface area contributed by atoms with Crippen molar-refractivity contribution in [2.45, 2.75) is 50.2 Å². The van der Waals surface area contributed by atoms with Gasteiger partial charge in [0.05, 0.1) is 0 Å². The fraction of sp³-hybridized carbons (Fsp3) is 0.909. The molecule has 0 radical (unpaired) electrons. The molecule has 2 heterocycles. The summed E-state index contributed by atoms with van der Waals surface area (Å²) in [6, 6.07) is 0. The molecule has 1 N–H and O–H groups in total. The van der Waals surface area contributed by atoms with Crippen LogP contribution in [0.2, 0.25) is 0 Å². The maximum atomic E-state index is 11.8. The van der Waals surface area contributed by atoms with E-state index >= 15 is 0 Å². The molecule has 0 aromatic carbocycles. The van der Waals surface area contributed by atoms with Gasteiger partial charge in [-0.05, 0) is 25.7 Å². The number of nitrogens with zero attached hydrogens (tertiary/aromatic N) is 1. The molecule has 2 saturated heterocycles. The van der Waals surface area contributed by atoms with E-state index < -0.39 is 6.10 Å². The third-order valence-corrected chi connectivity index (χ3v) is 4.49. The van der Waals surface area contributed by atoms with E-state index in [1.54, 1.807) is 0 Å². The Morgan fingerprint density at radius 2 is 2.07 bits per heavy atom. The summed E-state index contributed by atoms with van der Waals surface area (Å²) in [5, 5.41) is 9.90. The number of aliphatic hydroxyl groups excluding tert-OH is 1. The minimum atomic E-state index is -0.685. The van der Waals surface area contributed by atoms with Crippen LogP contribution in [0, 0.1) is 5.92 Å². The molecule has 3 heteroatoms. The lowest BCUT2D eigenvalue weighted by Gasteiger charge is -2.40. The maximum absolute atomic E-state index is 11.8. The zero-order valence-electron chi connectivity index (χ0n) is 8.41. The number of hydrogen-bond donors (Lipinski definition) is 1. The van der Waals surface area contributed by atoms with Crippen molar-refractivity contribution in [3.8, 4) is 0 Å². The van der Waals surface area contributed by atoms with Crippen LogP contribution in [0.1, 0.15) is 38.5 Å². The molecule has 1 saturated carbocycles. The normalized spacial score (nSPS) is 46.6. The fourth-order valence-corrected chi connectivity index (χ4v) is 3.91. The summed E-state index contributed by atoms with van der Waals surface area (Å²) < 4.78 is 0. The van der Waals surface area contributed by atoms with Crippen molar-refractivity contribution in [1.29, 1.82) is 0 Å². The average Bonchev–Trinajstić information content (AvgIpc) is 2.68. The summed E-state index contributed by atoms with van der Waals surface area (Å²) in [5.74, 6) is 0.251. The molecule has 3 rings (SSSR count). The second kappa shape index (κ2) is 2.72. The van der Waals surface area contributed by atoms with E-state index in [4.69, 9.17) is 0 Å². The van der Waals surface area contributed by atoms with Crippen molar-refractivity contribution in [2.24, 2.45) is 5.92 Å². The van der Waals surface area contributed by atoms with Gasteiger partial charge in [0, 0.05) is 18.0 Å². The van der Waals surface area contributed by atoms with Crippen molar-refractivity contribution in [2.75, 3.05) is 6.54 Å². The smallest absolute Gasteiger partial charge is 0.252 e. The third-order valence-electron chi connectivity index (χ3n) is 4.49. The molecule has 0 unspecified atom stereocenters. The predicted octanol–water partition coefficient (Wildman–Crippen LogP) is 0.912. The average molecular weight is 195 g/mol. The van der Waals surface area contributed by atoms with E-state index in [-0.39, 0.29) is 17.4 Å². The summed E-state index contributed by atoms with van der Waals surface area (Å²) in [5.41, 5.74) is 0.0781. The van der Waals surface area contributed by atoms with E-state index in [0.29, 0.717) is 0 Å². The first-order valence-electron chi connectivity index (χ1n) is 5.75. The highest BCUT2D eigenvalue weighted by Crippen LogP contribution is 2.51. The van der Waals surface area contributed by atoms with E-state index in [1.807, 2.05) is 4.90 Å². The Bertz CT molecular complexity index is 278. The molecular formula is C11H17NO2. The zero-order valence-corrected chi connectivity index (χ0v) is 8.41. The number of rotatable bonds is 0. The van der Waals surface area contributed by atoms with Crippen LogP contribution in [0.15, 0.2) is 0 Å². The molecule has 3 atom stereocenters. The van der Waals surface area contributed by atoms with Crippen molar-refractivity contribution in [3.05, 3.63) is 0 Å². The summed E-state index contributed by atoms with van der Waals surface area (Å²) in [6.45, 7) is 0.881.